The van der Waals surface area contributed by atoms with Gasteiger partial charge in [0.15, 0.2) is 0 Å². The van der Waals surface area contributed by atoms with E-state index >= 15 is 0 Å². The highest BCUT2D eigenvalue weighted by atomic mass is 19.4. The molecule has 7 aliphatic rings. The van der Waals surface area contributed by atoms with E-state index in [-0.39, 0.29) is 94.9 Å². The highest BCUT2D eigenvalue weighted by molar-refractivity contribution is 5.84. The second kappa shape index (κ2) is 48.2. The average Bonchev–Trinajstić information content (AvgIpc) is 0.761. The van der Waals surface area contributed by atoms with Crippen LogP contribution in [-0.4, -0.2) is 326 Å². The molecule has 7 heterocycles. The standard InChI is InChI=1S/C29H30F3NO5.C12H21NO5.C11H19NO5.C8H12F3NO3.C7H13NO3.C6H11NO3.C6H13NO2/c1-36-25-14-8-21(9-15-25)28(20-6-4-3-5-7-20,22-10-16-26(37-2)17-11-22)38-19-23-12-13-24(34)18-33(23)27(35)29(30,31)32;1-12(2,3)18-11(16)13-7-8(14)5-6-9(13)10(15)17-4;1-11(2,3)17-10(16)12-6-7(13)4-5-8(12)9(14)15;9-8(10,11)7(15)12-3-6(14)2-1-5(12)4-13;1-11-7(10)6-3-2-5(9)4-8-6;8-4-1-2-5(6(9)10)7-3-4;8-4-5-1-2-6(9)3-7-5/h3-11,14-17,23-24,34H,12-13,18-19H2,1-2H3;8-9,14H,5-7H2,1-4H3;7-8,13H,4-6H2,1-3H3,(H,14,15);5-6,13-14H,1-4H2;5-6,8-9H,2-4H2,1H3;4-5,7-8H,1-3H2,(H,9,10);5-9H,1-4H2/t23-,24-;8-,9-;7-,8-;2*5-,6-;4-,5-;5-,6-/m1111111/s1. The summed E-state index contributed by atoms with van der Waals surface area (Å²) in [5.41, 5.74) is -0.357. The normalized spacial score (nSPS) is 25.4. The minimum atomic E-state index is -5.06. The number of alkyl halides is 6. The molecule has 0 aromatic heterocycles. The second-order valence-electron chi connectivity index (χ2n) is 31.1. The van der Waals surface area contributed by atoms with Crippen LogP contribution in [-0.2, 0) is 58.1 Å². The maximum atomic E-state index is 13.4. The van der Waals surface area contributed by atoms with E-state index < -0.39 is 139 Å². The number of likely N-dealkylation sites (tertiary alicyclic amines) is 4. The molecule has 10 rings (SSSR count). The SMILES string of the molecule is CC(C)(C)OC(=O)N1C[C@H](O)CC[C@@H]1C(=O)O.COC(=O)[C@H]1CC[C@@H](O)CN1.COC(=O)[C@H]1CC[C@@H](O)CN1C(=O)OC(C)(C)C.COc1ccc(C(OC[C@H]2CC[C@@H](O)CN2C(=O)C(F)(F)F)(c2ccccc2)c2ccc(OC)cc2)cc1.O=C(N1C[C@H](O)CC[C@@H]1CO)C(F)(F)F.O=C(O)[C@H]1CC[C@@H](O)CN1.OC[C@H]1CC[C@@H](O)CN1. The van der Waals surface area contributed by atoms with Gasteiger partial charge in [0.05, 0.1) is 116 Å². The number of carbonyl (C=O) groups is 8. The molecule has 3 aromatic rings. The fourth-order valence-electron chi connectivity index (χ4n) is 13.4. The van der Waals surface area contributed by atoms with Crippen molar-refractivity contribution in [2.75, 3.05) is 94.1 Å². The van der Waals surface area contributed by atoms with E-state index in [1.54, 1.807) is 80.0 Å². The molecule has 14 N–H and O–H groups in total. The van der Waals surface area contributed by atoms with Gasteiger partial charge in [-0.25, -0.2) is 19.2 Å². The Hall–Kier alpha value is -8.32. The van der Waals surface area contributed by atoms with Gasteiger partial charge in [-0.3, -0.25) is 29.0 Å². The highest BCUT2D eigenvalue weighted by Crippen LogP contribution is 2.43. The molecular formula is C79H119F6N7O26. The van der Waals surface area contributed by atoms with Crippen molar-refractivity contribution < 1.29 is 154 Å². The number of carboxylic acid groups (broad SMARTS) is 2. The number of halogens is 6. The first-order chi connectivity index (χ1) is 55.2. The van der Waals surface area contributed by atoms with Gasteiger partial charge in [-0.1, -0.05) is 54.6 Å². The number of aliphatic carboxylic acids is 2. The van der Waals surface area contributed by atoms with Gasteiger partial charge in [0.25, 0.3) is 0 Å². The van der Waals surface area contributed by atoms with Crippen molar-refractivity contribution in [3.8, 4) is 11.5 Å². The molecule has 3 aromatic carbocycles. The number of hydrogen-bond acceptors (Lipinski definition) is 27. The quantitative estimate of drug-likeness (QED) is 0.0467. The molecule has 39 heteroatoms. The minimum absolute atomic E-state index is 0.00583. The molecule has 14 atom stereocenters. The van der Waals surface area contributed by atoms with Crippen molar-refractivity contribution in [3.05, 3.63) is 95.6 Å². The number of nitrogens with one attached hydrogen (secondary N) is 3. The smallest absolute Gasteiger partial charge is 0.471 e. The Kier molecular flexibility index (Phi) is 41.7. The van der Waals surface area contributed by atoms with Gasteiger partial charge in [0.1, 0.15) is 52.5 Å². The fourth-order valence-corrected chi connectivity index (χ4v) is 13.4. The third kappa shape index (κ3) is 33.4. The number of amides is 4. The fraction of sp³-hybridized carbons (Fsp3) is 0.671. The van der Waals surface area contributed by atoms with Crippen LogP contribution in [0.5, 0.6) is 11.5 Å². The first-order valence-electron chi connectivity index (χ1n) is 38.8. The van der Waals surface area contributed by atoms with Crippen molar-refractivity contribution in [2.45, 2.75) is 246 Å². The third-order valence-corrected chi connectivity index (χ3v) is 19.6. The summed E-state index contributed by atoms with van der Waals surface area (Å²) in [6.45, 7) is 10.7. The van der Waals surface area contributed by atoms with Crippen LogP contribution in [0.3, 0.4) is 0 Å². The van der Waals surface area contributed by atoms with Crippen LogP contribution < -0.4 is 25.4 Å². The van der Waals surface area contributed by atoms with Crippen molar-refractivity contribution in [1.29, 1.82) is 0 Å². The first kappa shape index (κ1) is 102. The van der Waals surface area contributed by atoms with Crippen LogP contribution in [0.1, 0.15) is 148 Å². The lowest BCUT2D eigenvalue weighted by Gasteiger charge is -2.42. The molecule has 118 heavy (non-hydrogen) atoms. The van der Waals surface area contributed by atoms with Gasteiger partial charge in [0, 0.05) is 38.8 Å². The molecule has 4 amide bonds. The number of β-amino-alcohol motifs (C(OH)–C–C–N with tert-alkyl or cyclic N) is 7. The Morgan fingerprint density at radius 3 is 1.13 bits per heavy atom. The molecule has 7 saturated heterocycles. The van der Waals surface area contributed by atoms with E-state index in [0.29, 0.717) is 92.3 Å². The zero-order valence-corrected chi connectivity index (χ0v) is 68.2. The van der Waals surface area contributed by atoms with E-state index in [1.807, 2.05) is 54.6 Å². The topological polar surface area (TPSA) is 473 Å². The molecule has 668 valence electrons. The molecule has 0 aliphatic carbocycles. The van der Waals surface area contributed by atoms with Crippen molar-refractivity contribution in [1.82, 2.24) is 35.6 Å². The first-order valence-corrected chi connectivity index (χ1v) is 38.8. The zero-order valence-electron chi connectivity index (χ0n) is 68.2. The summed E-state index contributed by atoms with van der Waals surface area (Å²) in [5, 5.41) is 109. The van der Waals surface area contributed by atoms with Crippen LogP contribution in [0.2, 0.25) is 0 Å². The highest BCUT2D eigenvalue weighted by Gasteiger charge is 2.49. The molecule has 7 fully saturated rings. The number of piperidine rings is 7. The number of carbonyl (C=O) groups excluding carboxylic acids is 6. The number of esters is 2. The van der Waals surface area contributed by atoms with Gasteiger partial charge in [0.2, 0.25) is 0 Å². The van der Waals surface area contributed by atoms with Crippen LogP contribution in [0.4, 0.5) is 35.9 Å². The predicted octanol–water partition coefficient (Wildman–Crippen LogP) is 4.12. The Morgan fingerprint density at radius 2 is 0.771 bits per heavy atom. The third-order valence-electron chi connectivity index (χ3n) is 19.6. The van der Waals surface area contributed by atoms with E-state index in [2.05, 4.69) is 25.4 Å². The summed E-state index contributed by atoms with van der Waals surface area (Å²) in [5.74, 6) is -5.33. The lowest BCUT2D eigenvalue weighted by atomic mass is 9.80. The molecule has 0 saturated carbocycles. The molecule has 0 radical (unpaired) electrons. The molecular weight excluding hydrogens is 1580 g/mol. The maximum Gasteiger partial charge on any atom is 0.471 e. The maximum absolute atomic E-state index is 13.4. The lowest BCUT2D eigenvalue weighted by Crippen LogP contribution is -2.55. The van der Waals surface area contributed by atoms with E-state index in [9.17, 15) is 80.0 Å². The van der Waals surface area contributed by atoms with Crippen molar-refractivity contribution in [3.63, 3.8) is 0 Å². The Balaban J connectivity index is 0.000000311. The van der Waals surface area contributed by atoms with E-state index in [1.165, 1.54) is 19.1 Å². The Labute approximate surface area is 681 Å². The monoisotopic (exact) mass is 1700 g/mol. The summed E-state index contributed by atoms with van der Waals surface area (Å²) >= 11 is 0. The van der Waals surface area contributed by atoms with Gasteiger partial charge in [-0.15, -0.1) is 0 Å². The average molecular weight is 1700 g/mol. The van der Waals surface area contributed by atoms with Crippen LogP contribution >= 0.6 is 0 Å². The van der Waals surface area contributed by atoms with Crippen molar-refractivity contribution >= 4 is 47.9 Å². The minimum Gasteiger partial charge on any atom is -0.497 e. The molecule has 33 nitrogen and oxygen atoms in total. The second-order valence-corrected chi connectivity index (χ2v) is 31.1. The number of carboxylic acids is 2. The molecule has 0 spiro atoms. The molecule has 0 bridgehead atoms. The summed E-state index contributed by atoms with van der Waals surface area (Å²) in [6.07, 6.45) is -8.92. The molecule has 7 aliphatic heterocycles. The van der Waals surface area contributed by atoms with Gasteiger partial charge < -0.3 is 115 Å². The predicted molar refractivity (Wildman–Crippen MR) is 410 cm³/mol. The number of methoxy groups -OCH3 is 4. The van der Waals surface area contributed by atoms with Crippen LogP contribution in [0.15, 0.2) is 78.9 Å². The van der Waals surface area contributed by atoms with Crippen molar-refractivity contribution in [2.24, 2.45) is 0 Å². The zero-order chi connectivity index (χ0) is 88.6. The molecule has 0 unspecified atom stereocenters. The number of hydrogen-bond donors (Lipinski definition) is 14. The van der Waals surface area contributed by atoms with Gasteiger partial charge >= 0.3 is 60.2 Å². The largest absolute Gasteiger partial charge is 0.497 e. The number of nitrogens with zero attached hydrogens (tertiary/aromatic N) is 4. The summed E-state index contributed by atoms with van der Waals surface area (Å²) in [4.78, 5) is 94.3. The Morgan fingerprint density at radius 1 is 0.407 bits per heavy atom. The number of aliphatic hydroxyl groups is 9. The number of benzene rings is 3. The van der Waals surface area contributed by atoms with Crippen LogP contribution in [0, 0.1) is 0 Å². The number of rotatable bonds is 14. The summed E-state index contributed by atoms with van der Waals surface area (Å²) < 4.78 is 113. The van der Waals surface area contributed by atoms with Gasteiger partial charge in [-0.2, -0.15) is 26.3 Å². The lowest BCUT2D eigenvalue weighted by molar-refractivity contribution is -0.193. The van der Waals surface area contributed by atoms with E-state index in [0.717, 1.165) is 34.4 Å². The summed E-state index contributed by atoms with van der Waals surface area (Å²) in [7, 11) is 5.77. The van der Waals surface area contributed by atoms with Crippen LogP contribution in [0.25, 0.3) is 0 Å². The number of ether oxygens (including phenoxy) is 7. The Bertz CT molecular complexity index is 3490. The van der Waals surface area contributed by atoms with E-state index in [4.69, 9.17) is 64.5 Å². The van der Waals surface area contributed by atoms with Gasteiger partial charge in [-0.05, 0) is 172 Å². The number of aliphatic hydroxyl groups excluding tert-OH is 9. The summed E-state index contributed by atoms with van der Waals surface area (Å²) in [6, 6.07) is 20.1.